The zero-order valence-electron chi connectivity index (χ0n) is 8.59. The van der Waals surface area contributed by atoms with Crippen molar-refractivity contribution in [3.8, 4) is 0 Å². The molecular formula is C11H19N. The van der Waals surface area contributed by atoms with Gasteiger partial charge in [0, 0.05) is 18.4 Å². The Morgan fingerprint density at radius 3 is 1.67 bits per heavy atom. The molecule has 1 heterocycles. The van der Waals surface area contributed by atoms with E-state index in [1.807, 2.05) is 0 Å². The van der Waals surface area contributed by atoms with Crippen molar-refractivity contribution in [2.45, 2.75) is 20.8 Å². The van der Waals surface area contributed by atoms with E-state index >= 15 is 0 Å². The lowest BCUT2D eigenvalue weighted by atomic mass is 9.78. The van der Waals surface area contributed by atoms with Gasteiger partial charge in [-0.3, -0.25) is 0 Å². The molecule has 1 aliphatic rings. The number of allylic oxidation sites excluding steroid dienone is 2. The summed E-state index contributed by atoms with van der Waals surface area (Å²) < 4.78 is 0. The van der Waals surface area contributed by atoms with Gasteiger partial charge in [0.15, 0.2) is 0 Å². The Hall–Kier alpha value is -0.720. The lowest BCUT2D eigenvalue weighted by molar-refractivity contribution is 0.216. The minimum absolute atomic E-state index is 0.579. The molecule has 1 nitrogen and oxygen atoms in total. The first-order valence-corrected chi connectivity index (χ1v) is 4.58. The maximum atomic E-state index is 4.08. The van der Waals surface area contributed by atoms with Gasteiger partial charge in [0.2, 0.25) is 0 Å². The molecule has 1 saturated heterocycles. The van der Waals surface area contributed by atoms with Crippen LogP contribution < -0.4 is 0 Å². The molecular weight excluding hydrogens is 146 g/mol. The van der Waals surface area contributed by atoms with Gasteiger partial charge < -0.3 is 4.90 Å². The predicted molar refractivity (Wildman–Crippen MR) is 53.5 cm³/mol. The highest BCUT2D eigenvalue weighted by Crippen LogP contribution is 2.38. The van der Waals surface area contributed by atoms with E-state index in [0.29, 0.717) is 17.8 Å². The molecule has 12 heavy (non-hydrogen) atoms. The van der Waals surface area contributed by atoms with E-state index in [2.05, 4.69) is 45.9 Å². The Labute approximate surface area is 75.8 Å². The Bertz CT molecular complexity index is 195. The van der Waals surface area contributed by atoms with Crippen LogP contribution in [0.4, 0.5) is 0 Å². The average molecular weight is 165 g/mol. The van der Waals surface area contributed by atoms with Gasteiger partial charge in [-0.15, -0.1) is 0 Å². The quantitative estimate of drug-likeness (QED) is 0.533. The monoisotopic (exact) mass is 165 g/mol. The zero-order chi connectivity index (χ0) is 9.46. The van der Waals surface area contributed by atoms with Crippen LogP contribution in [0.5, 0.6) is 0 Å². The predicted octanol–water partition coefficient (Wildman–Crippen LogP) is 2.87. The van der Waals surface area contributed by atoms with Gasteiger partial charge >= 0.3 is 0 Å². The summed E-state index contributed by atoms with van der Waals surface area (Å²) in [5.41, 5.74) is 2.40. The summed E-state index contributed by atoms with van der Waals surface area (Å²) in [6.07, 6.45) is 0. The molecule has 0 aromatic rings. The summed E-state index contributed by atoms with van der Waals surface area (Å²) >= 11 is 0. The van der Waals surface area contributed by atoms with Crippen molar-refractivity contribution >= 4 is 0 Å². The Kier molecular flexibility index (Phi) is 2.31. The molecule has 1 rings (SSSR count). The van der Waals surface area contributed by atoms with Crippen LogP contribution in [-0.4, -0.2) is 11.9 Å². The minimum Gasteiger partial charge on any atom is -0.352 e. The molecule has 68 valence electrons. The van der Waals surface area contributed by atoms with Gasteiger partial charge in [-0.05, 0) is 17.8 Å². The molecule has 1 aliphatic heterocycles. The lowest BCUT2D eigenvalue weighted by Gasteiger charge is -2.42. The third-order valence-electron chi connectivity index (χ3n) is 3.49. The van der Waals surface area contributed by atoms with Crippen molar-refractivity contribution in [1.82, 2.24) is 4.90 Å². The molecule has 1 heteroatoms. The van der Waals surface area contributed by atoms with Gasteiger partial charge in [-0.25, -0.2) is 0 Å². The van der Waals surface area contributed by atoms with E-state index in [1.54, 1.807) is 0 Å². The fourth-order valence-corrected chi connectivity index (χ4v) is 1.84. The fraction of sp³-hybridized carbons (Fsp3) is 0.636. The van der Waals surface area contributed by atoms with Gasteiger partial charge in [0.25, 0.3) is 0 Å². The summed E-state index contributed by atoms with van der Waals surface area (Å²) in [5.74, 6) is 1.83. The van der Waals surface area contributed by atoms with E-state index in [0.717, 1.165) is 0 Å². The van der Waals surface area contributed by atoms with E-state index in [-0.39, 0.29) is 0 Å². The van der Waals surface area contributed by atoms with E-state index in [4.69, 9.17) is 0 Å². The highest BCUT2D eigenvalue weighted by atomic mass is 15.1. The van der Waals surface area contributed by atoms with Gasteiger partial charge in [-0.2, -0.15) is 0 Å². The Balaban J connectivity index is 2.91. The second kappa shape index (κ2) is 2.96. The molecule has 0 radical (unpaired) electrons. The molecule has 0 aliphatic carbocycles. The topological polar surface area (TPSA) is 3.24 Å². The molecule has 0 bridgehead atoms. The SMILES string of the molecule is C=C1C(C)C(C)[C@H](C)C(=C)N1C. The van der Waals surface area contributed by atoms with E-state index in [9.17, 15) is 0 Å². The van der Waals surface area contributed by atoms with Crippen LogP contribution in [0.25, 0.3) is 0 Å². The molecule has 0 saturated carbocycles. The van der Waals surface area contributed by atoms with E-state index in [1.165, 1.54) is 11.4 Å². The molecule has 0 N–H and O–H groups in total. The first kappa shape index (κ1) is 9.37. The molecule has 3 atom stereocenters. The standard InChI is InChI=1S/C11H19N/c1-7-8(2)10(4)12(6)11(5)9(7)3/h7-9H,4-5H2,1-3,6H3/t7?,8-,9?/m0/s1. The smallest absolute Gasteiger partial charge is 0.0133 e. The van der Waals surface area contributed by atoms with Gasteiger partial charge in [-0.1, -0.05) is 33.9 Å². The number of piperidine rings is 1. The number of likely N-dealkylation sites (tertiary alicyclic amines) is 1. The van der Waals surface area contributed by atoms with Gasteiger partial charge in [0.1, 0.15) is 0 Å². The largest absolute Gasteiger partial charge is 0.352 e. The number of hydrogen-bond acceptors (Lipinski definition) is 1. The summed E-state index contributed by atoms with van der Waals surface area (Å²) in [7, 11) is 2.06. The third-order valence-corrected chi connectivity index (χ3v) is 3.49. The van der Waals surface area contributed by atoms with Crippen LogP contribution in [0.1, 0.15) is 20.8 Å². The number of hydrogen-bond donors (Lipinski definition) is 0. The number of rotatable bonds is 0. The molecule has 1 fully saturated rings. The second-order valence-corrected chi connectivity index (χ2v) is 3.98. The average Bonchev–Trinajstić information content (AvgIpc) is 2.08. The normalized spacial score (nSPS) is 37.3. The first-order chi connectivity index (χ1) is 5.46. The van der Waals surface area contributed by atoms with Crippen LogP contribution >= 0.6 is 0 Å². The Morgan fingerprint density at radius 2 is 1.33 bits per heavy atom. The second-order valence-electron chi connectivity index (χ2n) is 3.98. The molecule has 0 aromatic heterocycles. The van der Waals surface area contributed by atoms with Crippen molar-refractivity contribution < 1.29 is 0 Å². The molecule has 0 aromatic carbocycles. The summed E-state index contributed by atoms with van der Waals surface area (Å²) in [6, 6.07) is 0. The lowest BCUT2D eigenvalue weighted by Crippen LogP contribution is -2.36. The summed E-state index contributed by atoms with van der Waals surface area (Å²) in [5, 5.41) is 0. The molecule has 2 unspecified atom stereocenters. The van der Waals surface area contributed by atoms with Crippen LogP contribution in [0.2, 0.25) is 0 Å². The maximum absolute atomic E-state index is 4.08. The highest BCUT2D eigenvalue weighted by molar-refractivity contribution is 5.17. The van der Waals surface area contributed by atoms with Crippen molar-refractivity contribution in [2.24, 2.45) is 17.8 Å². The van der Waals surface area contributed by atoms with Crippen molar-refractivity contribution in [1.29, 1.82) is 0 Å². The highest BCUT2D eigenvalue weighted by Gasteiger charge is 2.32. The fourth-order valence-electron chi connectivity index (χ4n) is 1.84. The minimum atomic E-state index is 0.579. The number of nitrogens with zero attached hydrogens (tertiary/aromatic N) is 1. The van der Waals surface area contributed by atoms with Crippen molar-refractivity contribution in [3.63, 3.8) is 0 Å². The summed E-state index contributed by atoms with van der Waals surface area (Å²) in [6.45, 7) is 14.9. The maximum Gasteiger partial charge on any atom is 0.0133 e. The van der Waals surface area contributed by atoms with Crippen molar-refractivity contribution in [2.75, 3.05) is 7.05 Å². The van der Waals surface area contributed by atoms with Crippen molar-refractivity contribution in [3.05, 3.63) is 24.6 Å². The molecule has 0 spiro atoms. The zero-order valence-corrected chi connectivity index (χ0v) is 8.59. The van der Waals surface area contributed by atoms with Crippen LogP contribution in [0.3, 0.4) is 0 Å². The third kappa shape index (κ3) is 1.17. The van der Waals surface area contributed by atoms with Crippen LogP contribution in [0.15, 0.2) is 24.6 Å². The van der Waals surface area contributed by atoms with E-state index < -0.39 is 0 Å². The van der Waals surface area contributed by atoms with Crippen LogP contribution in [0, 0.1) is 17.8 Å². The Morgan fingerprint density at radius 1 is 1.00 bits per heavy atom. The van der Waals surface area contributed by atoms with Gasteiger partial charge in [0.05, 0.1) is 0 Å². The summed E-state index contributed by atoms with van der Waals surface area (Å²) in [4.78, 5) is 2.13. The first-order valence-electron chi connectivity index (χ1n) is 4.58. The molecule has 0 amide bonds. The van der Waals surface area contributed by atoms with Crippen LogP contribution in [-0.2, 0) is 0 Å².